The van der Waals surface area contributed by atoms with Gasteiger partial charge in [-0.05, 0) is 6.07 Å². The van der Waals surface area contributed by atoms with Crippen LogP contribution in [0.1, 0.15) is 17.7 Å². The van der Waals surface area contributed by atoms with Crippen LogP contribution >= 0.6 is 11.6 Å². The molecule has 17 heavy (non-hydrogen) atoms. The number of nitrogens with zero attached hydrogens (tertiary/aromatic N) is 2. The van der Waals surface area contributed by atoms with E-state index in [0.29, 0.717) is 6.07 Å². The summed E-state index contributed by atoms with van der Waals surface area (Å²) in [6, 6.07) is 1.89. The minimum absolute atomic E-state index is 0.586. The standard InChI is InChI=1S/C8H2ClF5N2O/c9-4-1-5(6(10)11)16-7(3(4)2-15)17-8(12,13)14/h1,6H. The van der Waals surface area contributed by atoms with Crippen molar-refractivity contribution >= 4 is 11.6 Å². The summed E-state index contributed by atoms with van der Waals surface area (Å²) in [5.74, 6) is -1.29. The van der Waals surface area contributed by atoms with Crippen molar-refractivity contribution in [3.63, 3.8) is 0 Å². The molecule has 1 aromatic heterocycles. The van der Waals surface area contributed by atoms with E-state index in [1.54, 1.807) is 0 Å². The Bertz CT molecular complexity index is 468. The summed E-state index contributed by atoms with van der Waals surface area (Å²) in [7, 11) is 0. The maximum atomic E-state index is 12.3. The second-order valence-electron chi connectivity index (χ2n) is 2.67. The maximum absolute atomic E-state index is 12.3. The van der Waals surface area contributed by atoms with E-state index < -0.39 is 34.9 Å². The predicted molar refractivity (Wildman–Crippen MR) is 45.6 cm³/mol. The van der Waals surface area contributed by atoms with Gasteiger partial charge in [-0.2, -0.15) is 5.26 Å². The monoisotopic (exact) mass is 272 g/mol. The van der Waals surface area contributed by atoms with Crippen molar-refractivity contribution in [3.8, 4) is 11.9 Å². The fraction of sp³-hybridized carbons (Fsp3) is 0.250. The number of hydrogen-bond acceptors (Lipinski definition) is 3. The van der Waals surface area contributed by atoms with Crippen LogP contribution in [0.2, 0.25) is 5.02 Å². The van der Waals surface area contributed by atoms with Gasteiger partial charge in [-0.15, -0.1) is 13.2 Å². The van der Waals surface area contributed by atoms with Crippen molar-refractivity contribution < 1.29 is 26.7 Å². The number of pyridine rings is 1. The molecule has 1 heterocycles. The Morgan fingerprint density at radius 3 is 2.41 bits per heavy atom. The van der Waals surface area contributed by atoms with Crippen LogP contribution in [0.4, 0.5) is 22.0 Å². The Morgan fingerprint density at radius 2 is 2.00 bits per heavy atom. The number of alkyl halides is 5. The molecule has 0 aliphatic heterocycles. The average molecular weight is 273 g/mol. The summed E-state index contributed by atoms with van der Waals surface area (Å²) < 4.78 is 63.6. The largest absolute Gasteiger partial charge is 0.574 e. The average Bonchev–Trinajstić information content (AvgIpc) is 2.14. The van der Waals surface area contributed by atoms with E-state index in [1.807, 2.05) is 0 Å². The molecule has 0 bridgehead atoms. The van der Waals surface area contributed by atoms with E-state index in [0.717, 1.165) is 0 Å². The highest BCUT2D eigenvalue weighted by atomic mass is 35.5. The lowest BCUT2D eigenvalue weighted by Crippen LogP contribution is -2.19. The molecule has 0 aliphatic rings. The van der Waals surface area contributed by atoms with E-state index in [-0.39, 0.29) is 0 Å². The number of hydrogen-bond donors (Lipinski definition) is 0. The number of halogens is 6. The van der Waals surface area contributed by atoms with Gasteiger partial charge in [-0.3, -0.25) is 0 Å². The third kappa shape index (κ3) is 3.42. The van der Waals surface area contributed by atoms with E-state index in [1.165, 1.54) is 6.07 Å². The van der Waals surface area contributed by atoms with Gasteiger partial charge in [0, 0.05) is 0 Å². The Labute approximate surface area is 96.4 Å². The number of aromatic nitrogens is 1. The highest BCUT2D eigenvalue weighted by molar-refractivity contribution is 6.31. The molecule has 0 unspecified atom stereocenters. The minimum atomic E-state index is -5.15. The van der Waals surface area contributed by atoms with Crippen LogP contribution in [0.25, 0.3) is 0 Å². The molecule has 92 valence electrons. The molecule has 0 N–H and O–H groups in total. The van der Waals surface area contributed by atoms with E-state index in [2.05, 4.69) is 9.72 Å². The first-order chi connectivity index (χ1) is 7.74. The lowest BCUT2D eigenvalue weighted by Gasteiger charge is -2.11. The van der Waals surface area contributed by atoms with Gasteiger partial charge in [-0.1, -0.05) is 11.6 Å². The molecule has 9 heteroatoms. The second-order valence-corrected chi connectivity index (χ2v) is 3.08. The summed E-state index contributed by atoms with van der Waals surface area (Å²) in [5.41, 5.74) is -1.76. The SMILES string of the molecule is N#Cc1c(Cl)cc(C(F)F)nc1OC(F)(F)F. The molecule has 1 aromatic rings. The molecule has 0 saturated carbocycles. The van der Waals surface area contributed by atoms with Crippen LogP contribution in [0.15, 0.2) is 6.07 Å². The second kappa shape index (κ2) is 4.71. The van der Waals surface area contributed by atoms with Gasteiger partial charge >= 0.3 is 6.36 Å². The van der Waals surface area contributed by atoms with Crippen molar-refractivity contribution in [1.29, 1.82) is 5.26 Å². The van der Waals surface area contributed by atoms with Crippen LogP contribution in [0, 0.1) is 11.3 Å². The van der Waals surface area contributed by atoms with Gasteiger partial charge < -0.3 is 4.74 Å². The van der Waals surface area contributed by atoms with Crippen molar-refractivity contribution in [2.24, 2.45) is 0 Å². The molecule has 0 saturated heterocycles. The quantitative estimate of drug-likeness (QED) is 0.775. The molecule has 0 atom stereocenters. The molecule has 0 amide bonds. The molecular formula is C8H2ClF5N2O. The summed E-state index contributed by atoms with van der Waals surface area (Å²) in [4.78, 5) is 2.89. The van der Waals surface area contributed by atoms with Crippen LogP contribution < -0.4 is 4.74 Å². The first-order valence-electron chi connectivity index (χ1n) is 3.89. The number of rotatable bonds is 2. The van der Waals surface area contributed by atoms with Gasteiger partial charge in [0.2, 0.25) is 5.88 Å². The lowest BCUT2D eigenvalue weighted by atomic mass is 10.2. The van der Waals surface area contributed by atoms with Crippen LogP contribution in [0.5, 0.6) is 5.88 Å². The zero-order valence-corrected chi connectivity index (χ0v) is 8.48. The first-order valence-corrected chi connectivity index (χ1v) is 4.27. The Morgan fingerprint density at radius 1 is 1.41 bits per heavy atom. The van der Waals surface area contributed by atoms with Crippen LogP contribution in [-0.4, -0.2) is 11.3 Å². The minimum Gasteiger partial charge on any atom is -0.386 e. The van der Waals surface area contributed by atoms with E-state index in [4.69, 9.17) is 16.9 Å². The van der Waals surface area contributed by atoms with Crippen molar-refractivity contribution in [3.05, 3.63) is 22.3 Å². The zero-order chi connectivity index (χ0) is 13.2. The smallest absolute Gasteiger partial charge is 0.386 e. The predicted octanol–water partition coefficient (Wildman–Crippen LogP) is 3.44. The molecule has 0 radical (unpaired) electrons. The van der Waals surface area contributed by atoms with Gasteiger partial charge in [0.25, 0.3) is 6.43 Å². The lowest BCUT2D eigenvalue weighted by molar-refractivity contribution is -0.276. The molecule has 1 rings (SSSR count). The zero-order valence-electron chi connectivity index (χ0n) is 7.73. The normalized spacial score (nSPS) is 11.4. The molecule has 0 aliphatic carbocycles. The molecule has 3 nitrogen and oxygen atoms in total. The molecular weight excluding hydrogens is 271 g/mol. The molecule has 0 aromatic carbocycles. The van der Waals surface area contributed by atoms with Crippen molar-refractivity contribution in [1.82, 2.24) is 4.98 Å². The maximum Gasteiger partial charge on any atom is 0.574 e. The van der Waals surface area contributed by atoms with E-state index >= 15 is 0 Å². The van der Waals surface area contributed by atoms with Crippen molar-refractivity contribution in [2.45, 2.75) is 12.8 Å². The molecule has 0 spiro atoms. The first kappa shape index (κ1) is 13.4. The van der Waals surface area contributed by atoms with Gasteiger partial charge in [-0.25, -0.2) is 13.8 Å². The van der Waals surface area contributed by atoms with E-state index in [9.17, 15) is 22.0 Å². The highest BCUT2D eigenvalue weighted by Crippen LogP contribution is 2.32. The van der Waals surface area contributed by atoms with Crippen molar-refractivity contribution in [2.75, 3.05) is 0 Å². The Kier molecular flexibility index (Phi) is 3.72. The topological polar surface area (TPSA) is 45.9 Å². The summed E-state index contributed by atoms with van der Waals surface area (Å²) in [6.07, 6.45) is -8.28. The van der Waals surface area contributed by atoms with Crippen LogP contribution in [-0.2, 0) is 0 Å². The fourth-order valence-electron chi connectivity index (χ4n) is 0.906. The van der Waals surface area contributed by atoms with Gasteiger partial charge in [0.05, 0.1) is 5.02 Å². The fourth-order valence-corrected chi connectivity index (χ4v) is 1.14. The summed E-state index contributed by atoms with van der Waals surface area (Å²) in [6.45, 7) is 0. The highest BCUT2D eigenvalue weighted by Gasteiger charge is 2.34. The van der Waals surface area contributed by atoms with Gasteiger partial charge in [0.1, 0.15) is 17.3 Å². The summed E-state index contributed by atoms with van der Waals surface area (Å²) in [5, 5.41) is 7.93. The number of ether oxygens (including phenoxy) is 1. The summed E-state index contributed by atoms with van der Waals surface area (Å²) >= 11 is 5.36. The van der Waals surface area contributed by atoms with Crippen LogP contribution in [0.3, 0.4) is 0 Å². The third-order valence-corrected chi connectivity index (χ3v) is 1.80. The van der Waals surface area contributed by atoms with Gasteiger partial charge in [0.15, 0.2) is 0 Å². The Hall–Kier alpha value is -1.62. The third-order valence-electron chi connectivity index (χ3n) is 1.51. The molecule has 0 fully saturated rings. The number of nitriles is 1. The Balaban J connectivity index is 3.30.